The molecule has 14 heavy (non-hydrogen) atoms. The molecule has 0 unspecified atom stereocenters. The highest BCUT2D eigenvalue weighted by Gasteiger charge is 2.30. The van der Waals surface area contributed by atoms with Gasteiger partial charge in [-0.1, -0.05) is 13.8 Å². The molecule has 0 aromatic carbocycles. The van der Waals surface area contributed by atoms with Gasteiger partial charge in [-0.15, -0.1) is 0 Å². The lowest BCUT2D eigenvalue weighted by Gasteiger charge is -2.26. The van der Waals surface area contributed by atoms with Gasteiger partial charge in [0.25, 0.3) is 0 Å². The second-order valence-corrected chi connectivity index (χ2v) is 4.44. The lowest BCUT2D eigenvalue weighted by molar-refractivity contribution is -0.144. The number of carboxylic acids is 1. The molecule has 0 aromatic heterocycles. The first-order valence-corrected chi connectivity index (χ1v) is 5.29. The molecule has 0 aliphatic heterocycles. The van der Waals surface area contributed by atoms with Crippen molar-refractivity contribution in [1.29, 1.82) is 0 Å². The standard InChI is InChI=1S/C11H18O3/c1-7(2)10(12)8-3-5-9(6-4-8)11(13)14/h7-9H,3-6H2,1-2H3,(H,13,14). The van der Waals surface area contributed by atoms with Crippen LogP contribution in [0.5, 0.6) is 0 Å². The predicted molar refractivity (Wildman–Crippen MR) is 52.9 cm³/mol. The molecule has 1 N–H and O–H groups in total. The lowest BCUT2D eigenvalue weighted by atomic mass is 9.78. The van der Waals surface area contributed by atoms with Crippen LogP contribution in [0.1, 0.15) is 39.5 Å². The van der Waals surface area contributed by atoms with E-state index in [9.17, 15) is 9.59 Å². The summed E-state index contributed by atoms with van der Waals surface area (Å²) >= 11 is 0. The molecule has 0 radical (unpaired) electrons. The molecule has 1 rings (SSSR count). The fourth-order valence-electron chi connectivity index (χ4n) is 2.10. The van der Waals surface area contributed by atoms with Gasteiger partial charge in [0, 0.05) is 11.8 Å². The fraction of sp³-hybridized carbons (Fsp3) is 0.818. The van der Waals surface area contributed by atoms with Crippen molar-refractivity contribution >= 4 is 11.8 Å². The Hall–Kier alpha value is -0.860. The maximum atomic E-state index is 11.6. The minimum absolute atomic E-state index is 0.0846. The van der Waals surface area contributed by atoms with E-state index in [1.54, 1.807) is 0 Å². The third kappa shape index (κ3) is 2.56. The van der Waals surface area contributed by atoms with E-state index in [1.165, 1.54) is 0 Å². The highest BCUT2D eigenvalue weighted by atomic mass is 16.4. The topological polar surface area (TPSA) is 54.4 Å². The Kier molecular flexibility index (Phi) is 3.67. The molecule has 3 nitrogen and oxygen atoms in total. The van der Waals surface area contributed by atoms with Crippen molar-refractivity contribution < 1.29 is 14.7 Å². The molecule has 3 heteroatoms. The van der Waals surface area contributed by atoms with E-state index in [1.807, 2.05) is 13.8 Å². The number of hydrogen-bond donors (Lipinski definition) is 1. The summed E-state index contributed by atoms with van der Waals surface area (Å²) in [5, 5.41) is 8.79. The summed E-state index contributed by atoms with van der Waals surface area (Å²) in [6.07, 6.45) is 2.85. The molecule has 0 heterocycles. The van der Waals surface area contributed by atoms with Crippen LogP contribution < -0.4 is 0 Å². The number of Topliss-reactive ketones (excluding diaryl/α,β-unsaturated/α-hetero) is 1. The van der Waals surface area contributed by atoms with Crippen molar-refractivity contribution in [3.63, 3.8) is 0 Å². The molecule has 0 atom stereocenters. The van der Waals surface area contributed by atoms with E-state index in [-0.39, 0.29) is 17.8 Å². The van der Waals surface area contributed by atoms with Gasteiger partial charge in [0.15, 0.2) is 0 Å². The average molecular weight is 198 g/mol. The Bertz CT molecular complexity index is 225. The third-order valence-corrected chi connectivity index (χ3v) is 3.05. The minimum atomic E-state index is -0.708. The van der Waals surface area contributed by atoms with Crippen molar-refractivity contribution in [1.82, 2.24) is 0 Å². The second kappa shape index (κ2) is 4.58. The SMILES string of the molecule is CC(C)C(=O)C1CCC(C(=O)O)CC1. The van der Waals surface area contributed by atoms with E-state index in [4.69, 9.17) is 5.11 Å². The van der Waals surface area contributed by atoms with Crippen LogP contribution in [0.15, 0.2) is 0 Å². The molecular weight excluding hydrogens is 180 g/mol. The normalized spacial score (nSPS) is 27.6. The highest BCUT2D eigenvalue weighted by molar-refractivity contribution is 5.83. The minimum Gasteiger partial charge on any atom is -0.481 e. The van der Waals surface area contributed by atoms with Gasteiger partial charge in [-0.2, -0.15) is 0 Å². The van der Waals surface area contributed by atoms with Gasteiger partial charge in [-0.05, 0) is 25.7 Å². The Balaban J connectivity index is 2.43. The van der Waals surface area contributed by atoms with Gasteiger partial charge >= 0.3 is 5.97 Å². The Labute approximate surface area is 84.5 Å². The molecule has 0 spiro atoms. The molecule has 1 aliphatic carbocycles. The maximum Gasteiger partial charge on any atom is 0.306 e. The molecule has 1 saturated carbocycles. The largest absolute Gasteiger partial charge is 0.481 e. The molecule has 0 amide bonds. The molecule has 0 saturated heterocycles. The number of carboxylic acid groups (broad SMARTS) is 1. The van der Waals surface area contributed by atoms with Gasteiger partial charge in [0.2, 0.25) is 0 Å². The van der Waals surface area contributed by atoms with Gasteiger partial charge in [-0.3, -0.25) is 9.59 Å². The van der Waals surface area contributed by atoms with Crippen LogP contribution in [0.3, 0.4) is 0 Å². The first kappa shape index (κ1) is 11.2. The van der Waals surface area contributed by atoms with Crippen LogP contribution in [-0.4, -0.2) is 16.9 Å². The summed E-state index contributed by atoms with van der Waals surface area (Å²) < 4.78 is 0. The van der Waals surface area contributed by atoms with Crippen LogP contribution in [0.2, 0.25) is 0 Å². The van der Waals surface area contributed by atoms with E-state index in [0.717, 1.165) is 12.8 Å². The zero-order chi connectivity index (χ0) is 10.7. The number of hydrogen-bond acceptors (Lipinski definition) is 2. The van der Waals surface area contributed by atoms with Crippen molar-refractivity contribution in [3.8, 4) is 0 Å². The third-order valence-electron chi connectivity index (χ3n) is 3.05. The fourth-order valence-corrected chi connectivity index (χ4v) is 2.10. The van der Waals surface area contributed by atoms with Crippen molar-refractivity contribution in [2.75, 3.05) is 0 Å². The number of aliphatic carboxylic acids is 1. The van der Waals surface area contributed by atoms with Crippen LogP contribution >= 0.6 is 0 Å². The van der Waals surface area contributed by atoms with Gasteiger partial charge in [0.05, 0.1) is 5.92 Å². The van der Waals surface area contributed by atoms with Gasteiger partial charge < -0.3 is 5.11 Å². The van der Waals surface area contributed by atoms with E-state index in [0.29, 0.717) is 18.6 Å². The second-order valence-electron chi connectivity index (χ2n) is 4.44. The summed E-state index contributed by atoms with van der Waals surface area (Å²) in [6, 6.07) is 0. The Morgan fingerprint density at radius 3 is 1.86 bits per heavy atom. The lowest BCUT2D eigenvalue weighted by Crippen LogP contribution is -2.28. The zero-order valence-electron chi connectivity index (χ0n) is 8.82. The van der Waals surface area contributed by atoms with Crippen molar-refractivity contribution in [2.45, 2.75) is 39.5 Å². The van der Waals surface area contributed by atoms with E-state index >= 15 is 0 Å². The number of ketones is 1. The van der Waals surface area contributed by atoms with E-state index in [2.05, 4.69) is 0 Å². The van der Waals surface area contributed by atoms with Gasteiger partial charge in [0.1, 0.15) is 5.78 Å². The van der Waals surface area contributed by atoms with E-state index < -0.39 is 5.97 Å². The van der Waals surface area contributed by atoms with Crippen LogP contribution in [-0.2, 0) is 9.59 Å². The first-order valence-electron chi connectivity index (χ1n) is 5.29. The van der Waals surface area contributed by atoms with Crippen molar-refractivity contribution in [3.05, 3.63) is 0 Å². The Morgan fingerprint density at radius 1 is 1.07 bits per heavy atom. The molecule has 80 valence electrons. The first-order chi connectivity index (χ1) is 6.52. The predicted octanol–water partition coefficient (Wildman–Crippen LogP) is 2.10. The smallest absolute Gasteiger partial charge is 0.306 e. The highest BCUT2D eigenvalue weighted by Crippen LogP contribution is 2.30. The monoisotopic (exact) mass is 198 g/mol. The zero-order valence-corrected chi connectivity index (χ0v) is 8.82. The van der Waals surface area contributed by atoms with Crippen LogP contribution in [0.25, 0.3) is 0 Å². The summed E-state index contributed by atoms with van der Waals surface area (Å²) in [5.74, 6) is -0.424. The summed E-state index contributed by atoms with van der Waals surface area (Å²) in [5.41, 5.74) is 0. The Morgan fingerprint density at radius 2 is 1.50 bits per heavy atom. The summed E-state index contributed by atoms with van der Waals surface area (Å²) in [7, 11) is 0. The van der Waals surface area contributed by atoms with Crippen LogP contribution in [0.4, 0.5) is 0 Å². The molecule has 1 aliphatic rings. The molecule has 1 fully saturated rings. The quantitative estimate of drug-likeness (QED) is 0.755. The molecule has 0 aromatic rings. The average Bonchev–Trinajstić information content (AvgIpc) is 2.16. The number of rotatable bonds is 3. The number of carbonyl (C=O) groups is 2. The molecule has 0 bridgehead atoms. The van der Waals surface area contributed by atoms with Crippen molar-refractivity contribution in [2.24, 2.45) is 17.8 Å². The summed E-state index contributed by atoms with van der Waals surface area (Å²) in [4.78, 5) is 22.3. The van der Waals surface area contributed by atoms with Crippen LogP contribution in [0, 0.1) is 17.8 Å². The summed E-state index contributed by atoms with van der Waals surface area (Å²) in [6.45, 7) is 3.82. The molecular formula is C11H18O3. The number of carbonyl (C=O) groups excluding carboxylic acids is 1. The maximum absolute atomic E-state index is 11.6. The van der Waals surface area contributed by atoms with Gasteiger partial charge in [-0.25, -0.2) is 0 Å².